The molecule has 21 heavy (non-hydrogen) atoms. The third-order valence-corrected chi connectivity index (χ3v) is 4.67. The summed E-state index contributed by atoms with van der Waals surface area (Å²) in [4.78, 5) is 15.4. The predicted molar refractivity (Wildman–Crippen MR) is 86.1 cm³/mol. The lowest BCUT2D eigenvalue weighted by molar-refractivity contribution is 0.241. The fraction of sp³-hybridized carbons (Fsp3) is 0.500. The van der Waals surface area contributed by atoms with Gasteiger partial charge in [0.25, 0.3) is 0 Å². The lowest BCUT2D eigenvalue weighted by Crippen LogP contribution is -2.24. The summed E-state index contributed by atoms with van der Waals surface area (Å²) in [6.07, 6.45) is 4.30. The van der Waals surface area contributed by atoms with Crippen LogP contribution in [-0.2, 0) is 13.1 Å². The van der Waals surface area contributed by atoms with Crippen molar-refractivity contribution >= 4 is 11.3 Å². The van der Waals surface area contributed by atoms with E-state index in [1.165, 1.54) is 11.3 Å². The molecule has 0 bridgehead atoms. The molecule has 0 aromatic carbocycles. The van der Waals surface area contributed by atoms with Gasteiger partial charge in [-0.3, -0.25) is 4.90 Å². The molecule has 1 saturated heterocycles. The van der Waals surface area contributed by atoms with Gasteiger partial charge in [-0.25, -0.2) is 9.97 Å². The van der Waals surface area contributed by atoms with Crippen LogP contribution in [0.3, 0.4) is 0 Å². The largest absolute Gasteiger partial charge is 0.304 e. The predicted octanol–water partition coefficient (Wildman–Crippen LogP) is 2.94. The first-order chi connectivity index (χ1) is 10.2. The molecule has 3 heterocycles. The van der Waals surface area contributed by atoms with Crippen molar-refractivity contribution in [1.82, 2.24) is 19.8 Å². The van der Waals surface area contributed by atoms with Crippen LogP contribution in [0.25, 0.3) is 0 Å². The first kappa shape index (κ1) is 14.6. The monoisotopic (exact) mass is 302 g/mol. The standard InChI is InChI=1S/C16H22N4S/c1-19(2)11-13-7-8-17-16(18-13)15-6-3-9-20(15)12-14-5-4-10-21-14/h4-5,7-8,10,15H,3,6,9,11-12H2,1-2H3/t15-/m1/s1. The van der Waals surface area contributed by atoms with E-state index < -0.39 is 0 Å². The van der Waals surface area contributed by atoms with Gasteiger partial charge >= 0.3 is 0 Å². The minimum atomic E-state index is 0.370. The van der Waals surface area contributed by atoms with E-state index in [1.54, 1.807) is 0 Å². The van der Waals surface area contributed by atoms with Crippen LogP contribution in [0.5, 0.6) is 0 Å². The molecule has 0 N–H and O–H groups in total. The zero-order chi connectivity index (χ0) is 14.7. The van der Waals surface area contributed by atoms with Crippen LogP contribution in [0.2, 0.25) is 0 Å². The van der Waals surface area contributed by atoms with Gasteiger partial charge < -0.3 is 4.90 Å². The number of likely N-dealkylation sites (tertiary alicyclic amines) is 1. The summed E-state index contributed by atoms with van der Waals surface area (Å²) >= 11 is 1.83. The summed E-state index contributed by atoms with van der Waals surface area (Å²) in [6.45, 7) is 3.03. The third kappa shape index (κ3) is 3.67. The quantitative estimate of drug-likeness (QED) is 0.850. The number of aromatic nitrogens is 2. The number of nitrogens with zero attached hydrogens (tertiary/aromatic N) is 4. The maximum atomic E-state index is 4.78. The normalized spacial score (nSPS) is 19.5. The van der Waals surface area contributed by atoms with Crippen molar-refractivity contribution in [3.05, 3.63) is 46.2 Å². The first-order valence-corrected chi connectivity index (χ1v) is 8.33. The summed E-state index contributed by atoms with van der Waals surface area (Å²) in [5.41, 5.74) is 1.10. The van der Waals surface area contributed by atoms with E-state index in [-0.39, 0.29) is 0 Å². The molecule has 0 saturated carbocycles. The second-order valence-corrected chi connectivity index (χ2v) is 6.88. The molecule has 3 rings (SSSR count). The topological polar surface area (TPSA) is 32.3 Å². The Balaban J connectivity index is 1.75. The lowest BCUT2D eigenvalue weighted by Gasteiger charge is -2.23. The van der Waals surface area contributed by atoms with Crippen molar-refractivity contribution < 1.29 is 0 Å². The van der Waals surface area contributed by atoms with Gasteiger partial charge in [0.15, 0.2) is 0 Å². The maximum Gasteiger partial charge on any atom is 0.145 e. The summed E-state index contributed by atoms with van der Waals surface area (Å²) in [7, 11) is 4.14. The van der Waals surface area contributed by atoms with E-state index in [1.807, 2.05) is 23.6 Å². The van der Waals surface area contributed by atoms with Crippen LogP contribution in [-0.4, -0.2) is 40.4 Å². The Morgan fingerprint density at radius 2 is 2.29 bits per heavy atom. The van der Waals surface area contributed by atoms with Gasteiger partial charge in [0.2, 0.25) is 0 Å². The second kappa shape index (κ2) is 6.64. The van der Waals surface area contributed by atoms with Gasteiger partial charge in [-0.2, -0.15) is 0 Å². The van der Waals surface area contributed by atoms with Crippen molar-refractivity contribution in [2.75, 3.05) is 20.6 Å². The number of thiophene rings is 1. The van der Waals surface area contributed by atoms with Crippen LogP contribution in [0.15, 0.2) is 29.8 Å². The summed E-state index contributed by atoms with van der Waals surface area (Å²) in [6, 6.07) is 6.72. The zero-order valence-corrected chi connectivity index (χ0v) is 13.5. The van der Waals surface area contributed by atoms with E-state index >= 15 is 0 Å². The summed E-state index contributed by atoms with van der Waals surface area (Å²) in [5.74, 6) is 0.989. The lowest BCUT2D eigenvalue weighted by atomic mass is 10.2. The molecule has 112 valence electrons. The molecular weight excluding hydrogens is 280 g/mol. The molecule has 0 aliphatic carbocycles. The summed E-state index contributed by atoms with van der Waals surface area (Å²) in [5, 5.41) is 2.15. The minimum absolute atomic E-state index is 0.370. The molecule has 2 aromatic rings. The van der Waals surface area contributed by atoms with E-state index in [4.69, 9.17) is 4.98 Å². The van der Waals surface area contributed by atoms with Crippen molar-refractivity contribution in [2.45, 2.75) is 32.0 Å². The Labute approximate surface area is 130 Å². The van der Waals surface area contributed by atoms with Gasteiger partial charge in [0, 0.05) is 24.2 Å². The highest BCUT2D eigenvalue weighted by molar-refractivity contribution is 7.09. The number of rotatable bonds is 5. The highest BCUT2D eigenvalue weighted by Crippen LogP contribution is 2.31. The molecule has 0 unspecified atom stereocenters. The van der Waals surface area contributed by atoms with Crippen LogP contribution in [0.1, 0.15) is 35.3 Å². The molecule has 0 spiro atoms. The van der Waals surface area contributed by atoms with Crippen molar-refractivity contribution in [1.29, 1.82) is 0 Å². The Kier molecular flexibility index (Phi) is 4.63. The van der Waals surface area contributed by atoms with E-state index in [0.717, 1.165) is 37.6 Å². The minimum Gasteiger partial charge on any atom is -0.304 e. The Morgan fingerprint density at radius 1 is 1.38 bits per heavy atom. The van der Waals surface area contributed by atoms with Gasteiger partial charge in [0.05, 0.1) is 11.7 Å². The van der Waals surface area contributed by atoms with E-state index in [0.29, 0.717) is 6.04 Å². The molecular formula is C16H22N4S. The Hall–Kier alpha value is -1.30. The Morgan fingerprint density at radius 3 is 3.05 bits per heavy atom. The fourth-order valence-corrected chi connectivity index (χ4v) is 3.63. The molecule has 1 aliphatic heterocycles. The smallest absolute Gasteiger partial charge is 0.145 e. The third-order valence-electron chi connectivity index (χ3n) is 3.81. The molecule has 0 amide bonds. The van der Waals surface area contributed by atoms with Gasteiger partial charge in [-0.05, 0) is 51.0 Å². The Bertz CT molecular complexity index is 567. The van der Waals surface area contributed by atoms with Crippen molar-refractivity contribution in [3.63, 3.8) is 0 Å². The average Bonchev–Trinajstić information content (AvgIpc) is 3.10. The van der Waals surface area contributed by atoms with Gasteiger partial charge in [-0.15, -0.1) is 11.3 Å². The van der Waals surface area contributed by atoms with Crippen molar-refractivity contribution in [2.24, 2.45) is 0 Å². The van der Waals surface area contributed by atoms with Gasteiger partial charge in [-0.1, -0.05) is 6.07 Å². The molecule has 4 nitrogen and oxygen atoms in total. The van der Waals surface area contributed by atoms with Crippen molar-refractivity contribution in [3.8, 4) is 0 Å². The highest BCUT2D eigenvalue weighted by atomic mass is 32.1. The van der Waals surface area contributed by atoms with Crippen LogP contribution in [0, 0.1) is 0 Å². The van der Waals surface area contributed by atoms with Crippen LogP contribution in [0.4, 0.5) is 0 Å². The van der Waals surface area contributed by atoms with E-state index in [9.17, 15) is 0 Å². The van der Waals surface area contributed by atoms with Crippen LogP contribution < -0.4 is 0 Å². The second-order valence-electron chi connectivity index (χ2n) is 5.85. The molecule has 1 aliphatic rings. The number of hydrogen-bond acceptors (Lipinski definition) is 5. The SMILES string of the molecule is CN(C)Cc1ccnc([C@H]2CCCN2Cc2cccs2)n1. The van der Waals surface area contributed by atoms with E-state index in [2.05, 4.69) is 46.4 Å². The highest BCUT2D eigenvalue weighted by Gasteiger charge is 2.28. The average molecular weight is 302 g/mol. The number of hydrogen-bond donors (Lipinski definition) is 0. The zero-order valence-electron chi connectivity index (χ0n) is 12.7. The van der Waals surface area contributed by atoms with Crippen LogP contribution >= 0.6 is 11.3 Å². The fourth-order valence-electron chi connectivity index (χ4n) is 2.90. The molecule has 5 heteroatoms. The molecule has 2 aromatic heterocycles. The summed E-state index contributed by atoms with van der Waals surface area (Å²) < 4.78 is 0. The maximum absolute atomic E-state index is 4.78. The molecule has 0 radical (unpaired) electrons. The molecule has 1 atom stereocenters. The van der Waals surface area contributed by atoms with Gasteiger partial charge in [0.1, 0.15) is 5.82 Å². The molecule has 1 fully saturated rings. The first-order valence-electron chi connectivity index (χ1n) is 7.45.